The van der Waals surface area contributed by atoms with Crippen molar-refractivity contribution in [3.63, 3.8) is 0 Å². The van der Waals surface area contributed by atoms with Gasteiger partial charge in [0.2, 0.25) is 5.76 Å². The molecule has 0 unspecified atom stereocenters. The van der Waals surface area contributed by atoms with Gasteiger partial charge in [0.1, 0.15) is 11.9 Å². The van der Waals surface area contributed by atoms with Crippen molar-refractivity contribution in [2.75, 3.05) is 6.54 Å². The van der Waals surface area contributed by atoms with Gasteiger partial charge in [-0.3, -0.25) is 0 Å². The Morgan fingerprint density at radius 1 is 1.43 bits per heavy atom. The minimum atomic E-state index is -4.51. The molecule has 80 valence electrons. The third-order valence-corrected chi connectivity index (χ3v) is 1.67. The number of rotatable bonds is 3. The molecule has 0 fully saturated rings. The average molecular weight is 209 g/mol. The highest BCUT2D eigenvalue weighted by Crippen LogP contribution is 2.32. The van der Waals surface area contributed by atoms with Gasteiger partial charge in [-0.25, -0.2) is 0 Å². The molecule has 3 nitrogen and oxygen atoms in total. The second kappa shape index (κ2) is 4.02. The van der Waals surface area contributed by atoms with E-state index >= 15 is 0 Å². The van der Waals surface area contributed by atoms with Crippen LogP contribution >= 0.6 is 0 Å². The zero-order chi connectivity index (χ0) is 10.8. The van der Waals surface area contributed by atoms with E-state index in [2.05, 4.69) is 4.42 Å². The Balaban J connectivity index is 2.78. The van der Waals surface area contributed by atoms with Crippen LogP contribution in [-0.2, 0) is 6.18 Å². The summed E-state index contributed by atoms with van der Waals surface area (Å²) in [6.45, 7) is 0.184. The van der Waals surface area contributed by atoms with Crippen LogP contribution in [0.3, 0.4) is 0 Å². The van der Waals surface area contributed by atoms with Crippen LogP contribution in [0.4, 0.5) is 13.2 Å². The van der Waals surface area contributed by atoms with Crippen molar-refractivity contribution in [2.45, 2.75) is 18.7 Å². The minimum absolute atomic E-state index is 0.109. The fraction of sp³-hybridized carbons (Fsp3) is 0.500. The fourth-order valence-corrected chi connectivity index (χ4v) is 0.984. The number of nitrogens with two attached hydrogens (primary N) is 1. The molecule has 0 aromatic carbocycles. The molecule has 0 saturated heterocycles. The topological polar surface area (TPSA) is 59.4 Å². The number of aliphatic hydroxyl groups is 1. The van der Waals surface area contributed by atoms with Crippen molar-refractivity contribution >= 4 is 0 Å². The normalized spacial score (nSPS) is 14.4. The zero-order valence-corrected chi connectivity index (χ0v) is 7.21. The molecular formula is C8H10F3NO2. The number of aliphatic hydroxyl groups excluding tert-OH is 1. The SMILES string of the molecule is NCC[C@@H](O)c1ccc(C(F)(F)F)o1. The maximum atomic E-state index is 12.1. The van der Waals surface area contributed by atoms with Gasteiger partial charge in [-0.05, 0) is 25.1 Å². The lowest BCUT2D eigenvalue weighted by atomic mass is 10.2. The predicted molar refractivity (Wildman–Crippen MR) is 42.3 cm³/mol. The lowest BCUT2D eigenvalue weighted by molar-refractivity contribution is -0.154. The molecule has 0 spiro atoms. The molecule has 1 aromatic rings. The van der Waals surface area contributed by atoms with Gasteiger partial charge in [-0.15, -0.1) is 0 Å². The molecule has 0 saturated carbocycles. The molecule has 0 aliphatic rings. The number of hydrogen-bond donors (Lipinski definition) is 2. The van der Waals surface area contributed by atoms with Gasteiger partial charge < -0.3 is 15.3 Å². The largest absolute Gasteiger partial charge is 0.454 e. The molecule has 0 amide bonds. The van der Waals surface area contributed by atoms with Gasteiger partial charge >= 0.3 is 6.18 Å². The highest BCUT2D eigenvalue weighted by Gasteiger charge is 2.35. The van der Waals surface area contributed by atoms with E-state index in [1.165, 1.54) is 0 Å². The second-order valence-electron chi connectivity index (χ2n) is 2.79. The van der Waals surface area contributed by atoms with E-state index in [1.54, 1.807) is 0 Å². The van der Waals surface area contributed by atoms with Gasteiger partial charge in [0.15, 0.2) is 0 Å². The third kappa shape index (κ3) is 2.49. The smallest absolute Gasteiger partial charge is 0.449 e. The Kier molecular flexibility index (Phi) is 3.17. The molecule has 6 heteroatoms. The summed E-state index contributed by atoms with van der Waals surface area (Å²) in [6.07, 6.45) is -5.41. The summed E-state index contributed by atoms with van der Waals surface area (Å²) >= 11 is 0. The second-order valence-corrected chi connectivity index (χ2v) is 2.79. The van der Waals surface area contributed by atoms with Crippen LogP contribution in [0.15, 0.2) is 16.5 Å². The van der Waals surface area contributed by atoms with Crippen molar-refractivity contribution in [1.82, 2.24) is 0 Å². The maximum Gasteiger partial charge on any atom is 0.449 e. The van der Waals surface area contributed by atoms with Crippen molar-refractivity contribution in [1.29, 1.82) is 0 Å². The van der Waals surface area contributed by atoms with E-state index in [-0.39, 0.29) is 18.7 Å². The number of hydrogen-bond acceptors (Lipinski definition) is 3. The van der Waals surface area contributed by atoms with Crippen LogP contribution in [0.2, 0.25) is 0 Å². The minimum Gasteiger partial charge on any atom is -0.454 e. The van der Waals surface area contributed by atoms with Crippen LogP contribution in [-0.4, -0.2) is 11.7 Å². The molecule has 0 radical (unpaired) electrons. The Morgan fingerprint density at radius 3 is 2.50 bits per heavy atom. The number of halogens is 3. The van der Waals surface area contributed by atoms with Gasteiger partial charge in [0, 0.05) is 0 Å². The summed E-state index contributed by atoms with van der Waals surface area (Å²) in [5, 5.41) is 9.26. The molecule has 1 aromatic heterocycles. The molecule has 1 heterocycles. The van der Waals surface area contributed by atoms with Gasteiger partial charge in [0.25, 0.3) is 0 Å². The van der Waals surface area contributed by atoms with Gasteiger partial charge in [0.05, 0.1) is 0 Å². The lowest BCUT2D eigenvalue weighted by Crippen LogP contribution is -2.06. The van der Waals surface area contributed by atoms with Crippen LogP contribution in [0.1, 0.15) is 24.0 Å². The quantitative estimate of drug-likeness (QED) is 0.796. The van der Waals surface area contributed by atoms with Gasteiger partial charge in [-0.1, -0.05) is 0 Å². The summed E-state index contributed by atoms with van der Waals surface area (Å²) in [5.41, 5.74) is 5.14. The summed E-state index contributed by atoms with van der Waals surface area (Å²) in [7, 11) is 0. The summed E-state index contributed by atoms with van der Waals surface area (Å²) in [5.74, 6) is -1.22. The van der Waals surface area contributed by atoms with E-state index in [4.69, 9.17) is 5.73 Å². The average Bonchev–Trinajstić information content (AvgIpc) is 2.51. The first-order chi connectivity index (χ1) is 6.45. The Bertz CT molecular complexity index is 295. The Labute approximate surface area is 78.3 Å². The highest BCUT2D eigenvalue weighted by molar-refractivity contribution is 5.11. The first kappa shape index (κ1) is 11.1. The first-order valence-corrected chi connectivity index (χ1v) is 4.00. The van der Waals surface area contributed by atoms with E-state index < -0.39 is 18.0 Å². The molecule has 0 aliphatic heterocycles. The van der Waals surface area contributed by atoms with Crippen LogP contribution in [0.5, 0.6) is 0 Å². The van der Waals surface area contributed by atoms with Crippen LogP contribution < -0.4 is 5.73 Å². The van der Waals surface area contributed by atoms with Crippen molar-refractivity contribution in [2.24, 2.45) is 5.73 Å². The van der Waals surface area contributed by atoms with Crippen molar-refractivity contribution in [3.8, 4) is 0 Å². The number of alkyl halides is 3. The molecule has 1 atom stereocenters. The van der Waals surface area contributed by atoms with E-state index in [0.717, 1.165) is 12.1 Å². The van der Waals surface area contributed by atoms with E-state index in [1.807, 2.05) is 0 Å². The zero-order valence-electron chi connectivity index (χ0n) is 7.21. The molecule has 3 N–H and O–H groups in total. The summed E-state index contributed by atoms with van der Waals surface area (Å²) < 4.78 is 40.6. The fourth-order valence-electron chi connectivity index (χ4n) is 0.984. The Hall–Kier alpha value is -1.01. The predicted octanol–water partition coefficient (Wildman–Crippen LogP) is 1.68. The Morgan fingerprint density at radius 2 is 2.07 bits per heavy atom. The van der Waals surface area contributed by atoms with Gasteiger partial charge in [-0.2, -0.15) is 13.2 Å². The maximum absolute atomic E-state index is 12.1. The van der Waals surface area contributed by atoms with E-state index in [9.17, 15) is 18.3 Å². The van der Waals surface area contributed by atoms with Crippen LogP contribution in [0.25, 0.3) is 0 Å². The highest BCUT2D eigenvalue weighted by atomic mass is 19.4. The van der Waals surface area contributed by atoms with Crippen molar-refractivity contribution in [3.05, 3.63) is 23.7 Å². The molecule has 0 bridgehead atoms. The lowest BCUT2D eigenvalue weighted by Gasteiger charge is -2.05. The standard InChI is InChI=1S/C8H10F3NO2/c9-8(10,11)7-2-1-6(14-7)5(13)3-4-12/h1-2,5,13H,3-4,12H2/t5-/m1/s1. The third-order valence-electron chi connectivity index (χ3n) is 1.67. The molecule has 1 rings (SSSR count). The molecule has 0 aliphatic carbocycles. The number of furan rings is 1. The summed E-state index contributed by atoms with van der Waals surface area (Å²) in [4.78, 5) is 0. The van der Waals surface area contributed by atoms with E-state index in [0.29, 0.717) is 0 Å². The van der Waals surface area contributed by atoms with Crippen molar-refractivity contribution < 1.29 is 22.7 Å². The molecular weight excluding hydrogens is 199 g/mol. The monoisotopic (exact) mass is 209 g/mol. The van der Waals surface area contributed by atoms with Crippen LogP contribution in [0, 0.1) is 0 Å². The molecule has 14 heavy (non-hydrogen) atoms. The summed E-state index contributed by atoms with van der Waals surface area (Å²) in [6, 6.07) is 1.89. The first-order valence-electron chi connectivity index (χ1n) is 4.00.